The normalized spacial score (nSPS) is 16.3. The third-order valence-corrected chi connectivity index (χ3v) is 6.85. The first kappa shape index (κ1) is 30.5. The highest BCUT2D eigenvalue weighted by Gasteiger charge is 2.34. The molecule has 3 aromatic rings. The van der Waals surface area contributed by atoms with Gasteiger partial charge in [-0.25, -0.2) is 0 Å². The van der Waals surface area contributed by atoms with E-state index in [0.717, 1.165) is 24.1 Å². The predicted octanol–water partition coefficient (Wildman–Crippen LogP) is 4.87. The molecule has 1 aliphatic rings. The van der Waals surface area contributed by atoms with Crippen molar-refractivity contribution in [2.45, 2.75) is 31.6 Å². The van der Waals surface area contributed by atoms with Gasteiger partial charge in [0.15, 0.2) is 0 Å². The summed E-state index contributed by atoms with van der Waals surface area (Å²) in [6, 6.07) is 17.6. The quantitative estimate of drug-likeness (QED) is 0.201. The van der Waals surface area contributed by atoms with Crippen molar-refractivity contribution < 1.29 is 27.6 Å². The minimum atomic E-state index is -4.48. The Hall–Kier alpha value is -4.48. The van der Waals surface area contributed by atoms with Gasteiger partial charge in [-0.05, 0) is 66.9 Å². The van der Waals surface area contributed by atoms with Crippen LogP contribution >= 0.6 is 0 Å². The Balaban J connectivity index is 1.49. The molecular formula is C31H32F3N5O3. The highest BCUT2D eigenvalue weighted by Crippen LogP contribution is 2.31. The number of carbonyl (C=O) groups is 3. The van der Waals surface area contributed by atoms with E-state index in [1.54, 1.807) is 54.6 Å². The van der Waals surface area contributed by atoms with Crippen LogP contribution in [0.15, 0.2) is 78.9 Å². The molecule has 2 unspecified atom stereocenters. The molecule has 0 aliphatic carbocycles. The van der Waals surface area contributed by atoms with Crippen LogP contribution in [0.2, 0.25) is 0 Å². The lowest BCUT2D eigenvalue weighted by atomic mass is 10.0. The van der Waals surface area contributed by atoms with Crippen LogP contribution in [0.25, 0.3) is 6.08 Å². The lowest BCUT2D eigenvalue weighted by Gasteiger charge is -2.27. The number of nitrogens with two attached hydrogens (primary N) is 1. The second kappa shape index (κ2) is 13.5. The van der Waals surface area contributed by atoms with Gasteiger partial charge < -0.3 is 21.7 Å². The molecule has 0 spiro atoms. The molecule has 0 radical (unpaired) electrons. The summed E-state index contributed by atoms with van der Waals surface area (Å²) in [6.45, 7) is 2.80. The van der Waals surface area contributed by atoms with E-state index in [4.69, 9.17) is 5.73 Å². The fourth-order valence-corrected chi connectivity index (χ4v) is 4.70. The molecule has 11 heteroatoms. The van der Waals surface area contributed by atoms with Crippen LogP contribution in [0.3, 0.4) is 0 Å². The number of anilines is 3. The van der Waals surface area contributed by atoms with Gasteiger partial charge in [-0.2, -0.15) is 13.2 Å². The van der Waals surface area contributed by atoms with Crippen LogP contribution in [0.1, 0.15) is 36.1 Å². The lowest BCUT2D eigenvalue weighted by molar-refractivity contribution is -0.137. The largest absolute Gasteiger partial charge is 0.416 e. The Morgan fingerprint density at radius 3 is 2.33 bits per heavy atom. The summed E-state index contributed by atoms with van der Waals surface area (Å²) in [5.74, 6) is -0.744. The van der Waals surface area contributed by atoms with E-state index >= 15 is 0 Å². The maximum Gasteiger partial charge on any atom is 0.416 e. The topological polar surface area (TPSA) is 117 Å². The minimum absolute atomic E-state index is 0.00890. The Morgan fingerprint density at radius 2 is 1.69 bits per heavy atom. The monoisotopic (exact) mass is 579 g/mol. The number of para-hydroxylation sites is 2. The summed E-state index contributed by atoms with van der Waals surface area (Å²) in [6.07, 6.45) is -0.747. The van der Waals surface area contributed by atoms with Gasteiger partial charge >= 0.3 is 6.18 Å². The third-order valence-electron chi connectivity index (χ3n) is 6.85. The number of nitrogen functional groups attached to an aromatic ring is 1. The van der Waals surface area contributed by atoms with Crippen molar-refractivity contribution in [3.63, 3.8) is 0 Å². The van der Waals surface area contributed by atoms with Gasteiger partial charge in [0.1, 0.15) is 11.8 Å². The lowest BCUT2D eigenvalue weighted by Crippen LogP contribution is -2.39. The van der Waals surface area contributed by atoms with E-state index in [0.29, 0.717) is 30.0 Å². The predicted molar refractivity (Wildman–Crippen MR) is 156 cm³/mol. The summed E-state index contributed by atoms with van der Waals surface area (Å²) < 4.78 is 38.9. The zero-order valence-corrected chi connectivity index (χ0v) is 22.9. The molecule has 2 amide bonds. The molecule has 220 valence electrons. The van der Waals surface area contributed by atoms with Gasteiger partial charge in [0.2, 0.25) is 11.8 Å². The number of amides is 2. The number of benzene rings is 3. The standard InChI is InChI=1S/C31H32F3N5O3/c1-20(40)18-36-25-16-17-39(19-25)29(30(42)37-24-13-11-23(12-14-24)31(32,33)34)22-9-6-21(7-10-22)8-15-28(41)38-27-5-3-2-4-26(27)35/h2-15,25,29,36H,16-19,35H2,1H3,(H,37,42)(H,38,41)/b15-8+. The van der Waals surface area contributed by atoms with Gasteiger partial charge in [0.05, 0.1) is 23.5 Å². The maximum atomic E-state index is 13.5. The number of ketones is 1. The summed E-state index contributed by atoms with van der Waals surface area (Å²) in [5, 5.41) is 8.66. The number of likely N-dealkylation sites (tertiary alicyclic amines) is 1. The number of nitrogens with zero attached hydrogens (tertiary/aromatic N) is 1. The first-order chi connectivity index (χ1) is 20.0. The number of rotatable bonds is 10. The van der Waals surface area contributed by atoms with Gasteiger partial charge in [0.25, 0.3) is 0 Å². The van der Waals surface area contributed by atoms with Gasteiger partial charge in [-0.1, -0.05) is 36.4 Å². The number of hydrogen-bond acceptors (Lipinski definition) is 6. The van der Waals surface area contributed by atoms with E-state index < -0.39 is 23.7 Å². The van der Waals surface area contributed by atoms with Crippen molar-refractivity contribution in [1.29, 1.82) is 0 Å². The van der Waals surface area contributed by atoms with Crippen LogP contribution in [0.5, 0.6) is 0 Å². The molecule has 4 rings (SSSR count). The molecule has 1 saturated heterocycles. The Labute approximate surface area is 241 Å². The molecule has 0 aromatic heterocycles. The van der Waals surface area contributed by atoms with Crippen molar-refractivity contribution in [2.75, 3.05) is 36.0 Å². The van der Waals surface area contributed by atoms with Crippen molar-refractivity contribution in [1.82, 2.24) is 10.2 Å². The van der Waals surface area contributed by atoms with Crippen LogP contribution < -0.4 is 21.7 Å². The molecule has 1 fully saturated rings. The Bertz CT molecular complexity index is 1440. The summed E-state index contributed by atoms with van der Waals surface area (Å²) in [7, 11) is 0. The van der Waals surface area contributed by atoms with Crippen molar-refractivity contribution in [3.8, 4) is 0 Å². The smallest absolute Gasteiger partial charge is 0.397 e. The van der Waals surface area contributed by atoms with Crippen molar-refractivity contribution in [2.24, 2.45) is 0 Å². The fourth-order valence-electron chi connectivity index (χ4n) is 4.70. The molecule has 0 saturated carbocycles. The minimum Gasteiger partial charge on any atom is -0.397 e. The van der Waals surface area contributed by atoms with Crippen molar-refractivity contribution in [3.05, 3.63) is 95.6 Å². The fraction of sp³-hybridized carbons (Fsp3) is 0.258. The van der Waals surface area contributed by atoms with Crippen LogP contribution in [-0.4, -0.2) is 48.2 Å². The van der Waals surface area contributed by atoms with Gasteiger partial charge in [-0.3, -0.25) is 19.3 Å². The third kappa shape index (κ3) is 8.27. The number of hydrogen-bond donors (Lipinski definition) is 4. The van der Waals surface area contributed by atoms with Crippen LogP contribution in [-0.2, 0) is 20.6 Å². The average molecular weight is 580 g/mol. The SMILES string of the molecule is CC(=O)CNC1CCN(C(C(=O)Nc2ccc(C(F)(F)F)cc2)c2ccc(/C=C/C(=O)Nc3ccccc3N)cc2)C1. The molecule has 2 atom stereocenters. The van der Waals surface area contributed by atoms with Gasteiger partial charge in [-0.15, -0.1) is 0 Å². The number of carbonyl (C=O) groups excluding carboxylic acids is 3. The summed E-state index contributed by atoms with van der Waals surface area (Å²) >= 11 is 0. The van der Waals surface area contributed by atoms with E-state index in [-0.39, 0.29) is 30.0 Å². The second-order valence-electron chi connectivity index (χ2n) is 10.1. The molecule has 1 aliphatic heterocycles. The number of nitrogens with one attached hydrogen (secondary N) is 3. The van der Waals surface area contributed by atoms with Crippen LogP contribution in [0.4, 0.5) is 30.2 Å². The molecule has 3 aromatic carbocycles. The average Bonchev–Trinajstić information content (AvgIpc) is 3.41. The molecule has 0 bridgehead atoms. The zero-order valence-electron chi connectivity index (χ0n) is 22.9. The second-order valence-corrected chi connectivity index (χ2v) is 10.1. The zero-order chi connectivity index (χ0) is 30.3. The number of halogens is 3. The summed E-state index contributed by atoms with van der Waals surface area (Å²) in [4.78, 5) is 39.3. The number of Topliss-reactive ketones (excluding diaryl/α,β-unsaturated/α-hetero) is 1. The highest BCUT2D eigenvalue weighted by atomic mass is 19.4. The van der Waals surface area contributed by atoms with E-state index in [9.17, 15) is 27.6 Å². The van der Waals surface area contributed by atoms with E-state index in [1.165, 1.54) is 25.1 Å². The molecule has 42 heavy (non-hydrogen) atoms. The van der Waals surface area contributed by atoms with E-state index in [1.807, 2.05) is 4.90 Å². The molecule has 8 nitrogen and oxygen atoms in total. The van der Waals surface area contributed by atoms with Crippen LogP contribution in [0, 0.1) is 0 Å². The Morgan fingerprint density at radius 1 is 1.00 bits per heavy atom. The Kier molecular flexibility index (Phi) is 9.76. The first-order valence-electron chi connectivity index (χ1n) is 13.4. The van der Waals surface area contributed by atoms with E-state index in [2.05, 4.69) is 16.0 Å². The summed E-state index contributed by atoms with van der Waals surface area (Å²) in [5.41, 5.74) is 7.65. The molecule has 5 N–H and O–H groups in total. The number of alkyl halides is 3. The maximum absolute atomic E-state index is 13.5. The highest BCUT2D eigenvalue weighted by molar-refractivity contribution is 6.03. The molecule has 1 heterocycles. The molecular weight excluding hydrogens is 547 g/mol. The van der Waals surface area contributed by atoms with Gasteiger partial charge in [0, 0.05) is 30.9 Å². The first-order valence-corrected chi connectivity index (χ1v) is 13.4. The van der Waals surface area contributed by atoms with Crippen molar-refractivity contribution >= 4 is 40.7 Å².